The molecule has 0 spiro atoms. The van der Waals surface area contributed by atoms with Crippen LogP contribution in [0, 0.1) is 0 Å². The smallest absolute Gasteiger partial charge is 0.341 e. The number of rotatable bonds is 8. The average molecular weight is 337 g/mol. The molecule has 1 aromatic carbocycles. The number of hydrogen-bond donors (Lipinski definition) is 1. The highest BCUT2D eigenvalue weighted by Crippen LogP contribution is 2.31. The van der Waals surface area contributed by atoms with E-state index in [1.165, 1.54) is 24.3 Å². The summed E-state index contributed by atoms with van der Waals surface area (Å²) in [5.41, 5.74) is 0.726. The third-order valence-electron chi connectivity index (χ3n) is 3.75. The van der Waals surface area contributed by atoms with Gasteiger partial charge in [0.05, 0.1) is 4.90 Å². The van der Waals surface area contributed by atoms with Crippen LogP contribution in [0.4, 0.5) is 14.5 Å². The van der Waals surface area contributed by atoms with Crippen molar-refractivity contribution in [3.63, 3.8) is 0 Å². The van der Waals surface area contributed by atoms with Gasteiger partial charge in [0.2, 0.25) is 9.84 Å². The summed E-state index contributed by atoms with van der Waals surface area (Å²) in [7, 11) is -4.52. The van der Waals surface area contributed by atoms with E-state index in [4.69, 9.17) is 0 Å². The van der Waals surface area contributed by atoms with Crippen LogP contribution in [-0.2, 0) is 9.84 Å². The van der Waals surface area contributed by atoms with Crippen LogP contribution in [0.15, 0.2) is 29.2 Å². The van der Waals surface area contributed by atoms with E-state index in [-0.39, 0.29) is 9.64 Å². The SMILES string of the molecule is CCC(CC)(CNc1ccc(S(=O)(=O)C(F)F)cc1)SC. The molecule has 7 heteroatoms. The summed E-state index contributed by atoms with van der Waals surface area (Å²) in [6.45, 7) is 4.99. The molecule has 0 unspecified atom stereocenters. The number of anilines is 1. The minimum absolute atomic E-state index is 0.119. The first-order chi connectivity index (χ1) is 9.81. The summed E-state index contributed by atoms with van der Waals surface area (Å²) in [6, 6.07) is 5.46. The maximum absolute atomic E-state index is 12.4. The second kappa shape index (κ2) is 7.45. The largest absolute Gasteiger partial charge is 0.384 e. The lowest BCUT2D eigenvalue weighted by molar-refractivity contribution is 0.234. The van der Waals surface area contributed by atoms with E-state index in [9.17, 15) is 17.2 Å². The summed E-state index contributed by atoms with van der Waals surface area (Å²) in [5, 5.41) is 3.24. The molecule has 21 heavy (non-hydrogen) atoms. The Bertz CT molecular complexity index is 532. The number of halogens is 2. The number of nitrogens with one attached hydrogen (secondary N) is 1. The summed E-state index contributed by atoms with van der Waals surface area (Å²) < 4.78 is 47.6. The van der Waals surface area contributed by atoms with Crippen molar-refractivity contribution < 1.29 is 17.2 Å². The molecule has 0 aliphatic carbocycles. The second-order valence-corrected chi connectivity index (χ2v) is 7.97. The fourth-order valence-corrected chi connectivity index (χ4v) is 3.50. The Balaban J connectivity index is 2.81. The van der Waals surface area contributed by atoms with Crippen molar-refractivity contribution in [2.24, 2.45) is 0 Å². The molecule has 0 saturated heterocycles. The highest BCUT2D eigenvalue weighted by Gasteiger charge is 2.27. The van der Waals surface area contributed by atoms with Crippen LogP contribution in [0.3, 0.4) is 0 Å². The molecule has 1 rings (SSSR count). The minimum atomic E-state index is -4.52. The van der Waals surface area contributed by atoms with E-state index in [0.717, 1.165) is 25.1 Å². The van der Waals surface area contributed by atoms with E-state index < -0.39 is 15.6 Å². The monoisotopic (exact) mass is 337 g/mol. The Morgan fingerprint density at radius 2 is 1.71 bits per heavy atom. The van der Waals surface area contributed by atoms with Gasteiger partial charge < -0.3 is 5.32 Å². The molecule has 0 aliphatic rings. The number of thioether (sulfide) groups is 1. The first-order valence-corrected chi connectivity index (χ1v) is 9.49. The van der Waals surface area contributed by atoms with Crippen molar-refractivity contribution in [1.29, 1.82) is 0 Å². The van der Waals surface area contributed by atoms with E-state index in [1.54, 1.807) is 11.8 Å². The third kappa shape index (κ3) is 4.32. The van der Waals surface area contributed by atoms with Gasteiger partial charge in [-0.2, -0.15) is 20.5 Å². The first kappa shape index (κ1) is 18.2. The number of benzene rings is 1. The normalized spacial score (nSPS) is 12.7. The summed E-state index contributed by atoms with van der Waals surface area (Å²) in [4.78, 5) is -0.356. The third-order valence-corrected chi connectivity index (χ3v) is 6.74. The Labute approximate surface area is 129 Å². The van der Waals surface area contributed by atoms with Crippen molar-refractivity contribution in [2.75, 3.05) is 18.1 Å². The van der Waals surface area contributed by atoms with Gasteiger partial charge in [-0.05, 0) is 43.4 Å². The quantitative estimate of drug-likeness (QED) is 0.778. The van der Waals surface area contributed by atoms with E-state index in [2.05, 4.69) is 25.4 Å². The number of sulfone groups is 1. The van der Waals surface area contributed by atoms with Gasteiger partial charge in [-0.1, -0.05) is 13.8 Å². The van der Waals surface area contributed by atoms with Gasteiger partial charge in [-0.25, -0.2) is 8.42 Å². The lowest BCUT2D eigenvalue weighted by atomic mass is 10.0. The molecule has 0 fully saturated rings. The van der Waals surface area contributed by atoms with Gasteiger partial charge in [0.1, 0.15) is 0 Å². The predicted molar refractivity (Wildman–Crippen MR) is 84.9 cm³/mol. The Morgan fingerprint density at radius 1 is 1.19 bits per heavy atom. The highest BCUT2D eigenvalue weighted by molar-refractivity contribution is 8.00. The molecule has 120 valence electrons. The zero-order valence-corrected chi connectivity index (χ0v) is 14.0. The Kier molecular flexibility index (Phi) is 6.46. The molecular formula is C14H21F2NO2S2. The van der Waals surface area contributed by atoms with Gasteiger partial charge in [0.25, 0.3) is 0 Å². The molecule has 1 aromatic rings. The standard InChI is InChI=1S/C14H21F2NO2S2/c1-4-14(5-2,20-3)10-17-11-6-8-12(9-7-11)21(18,19)13(15)16/h6-9,13,17H,4-5,10H2,1-3H3. The van der Waals surface area contributed by atoms with E-state index in [1.807, 2.05) is 0 Å². The van der Waals surface area contributed by atoms with Crippen molar-refractivity contribution in [3.8, 4) is 0 Å². The van der Waals surface area contributed by atoms with Crippen LogP contribution < -0.4 is 5.32 Å². The van der Waals surface area contributed by atoms with E-state index in [0.29, 0.717) is 0 Å². The highest BCUT2D eigenvalue weighted by atomic mass is 32.2. The van der Waals surface area contributed by atoms with Crippen LogP contribution in [0.5, 0.6) is 0 Å². The maximum atomic E-state index is 12.4. The zero-order valence-electron chi connectivity index (χ0n) is 12.4. The van der Waals surface area contributed by atoms with Gasteiger partial charge in [-0.3, -0.25) is 0 Å². The van der Waals surface area contributed by atoms with Crippen LogP contribution in [0.25, 0.3) is 0 Å². The summed E-state index contributed by atoms with van der Waals surface area (Å²) in [6.07, 6.45) is 4.08. The number of alkyl halides is 2. The van der Waals surface area contributed by atoms with Gasteiger partial charge in [-0.15, -0.1) is 0 Å². The van der Waals surface area contributed by atoms with Gasteiger partial charge in [0.15, 0.2) is 0 Å². The topological polar surface area (TPSA) is 46.2 Å². The van der Waals surface area contributed by atoms with Crippen molar-refractivity contribution in [1.82, 2.24) is 0 Å². The molecule has 0 heterocycles. The fourth-order valence-electron chi connectivity index (χ4n) is 1.99. The van der Waals surface area contributed by atoms with Crippen molar-refractivity contribution >= 4 is 27.3 Å². The first-order valence-electron chi connectivity index (χ1n) is 6.72. The molecule has 0 amide bonds. The maximum Gasteiger partial charge on any atom is 0.341 e. The molecule has 0 saturated carbocycles. The predicted octanol–water partition coefficient (Wildman–Crippen LogP) is 4.02. The summed E-state index contributed by atoms with van der Waals surface area (Å²) in [5.74, 6) is -3.39. The lowest BCUT2D eigenvalue weighted by Crippen LogP contribution is -2.31. The second-order valence-electron chi connectivity index (χ2n) is 4.78. The Morgan fingerprint density at radius 3 is 2.10 bits per heavy atom. The molecule has 0 bridgehead atoms. The van der Waals surface area contributed by atoms with Crippen LogP contribution in [0.1, 0.15) is 26.7 Å². The molecule has 0 aliphatic heterocycles. The lowest BCUT2D eigenvalue weighted by Gasteiger charge is -2.30. The molecule has 3 nitrogen and oxygen atoms in total. The van der Waals surface area contributed by atoms with Gasteiger partial charge in [0, 0.05) is 17.0 Å². The van der Waals surface area contributed by atoms with E-state index >= 15 is 0 Å². The zero-order chi connectivity index (χ0) is 16.1. The van der Waals surface area contributed by atoms with Crippen molar-refractivity contribution in [3.05, 3.63) is 24.3 Å². The van der Waals surface area contributed by atoms with Crippen LogP contribution in [0.2, 0.25) is 0 Å². The minimum Gasteiger partial charge on any atom is -0.384 e. The van der Waals surface area contributed by atoms with Gasteiger partial charge >= 0.3 is 5.76 Å². The molecule has 0 radical (unpaired) electrons. The van der Waals surface area contributed by atoms with Crippen LogP contribution in [-0.4, -0.2) is 31.7 Å². The van der Waals surface area contributed by atoms with Crippen molar-refractivity contribution in [2.45, 2.75) is 42.1 Å². The van der Waals surface area contributed by atoms with Crippen LogP contribution >= 0.6 is 11.8 Å². The number of hydrogen-bond acceptors (Lipinski definition) is 4. The molecular weight excluding hydrogens is 316 g/mol. The fraction of sp³-hybridized carbons (Fsp3) is 0.571. The Hall–Kier alpha value is -0.820. The molecule has 0 aromatic heterocycles. The average Bonchev–Trinajstić information content (AvgIpc) is 2.49. The summed E-state index contributed by atoms with van der Waals surface area (Å²) >= 11 is 1.79. The molecule has 1 N–H and O–H groups in total. The molecule has 0 atom stereocenters.